The van der Waals surface area contributed by atoms with Crippen molar-refractivity contribution in [1.82, 2.24) is 9.88 Å². The van der Waals surface area contributed by atoms with Crippen LogP contribution in [0.4, 0.5) is 5.69 Å². The van der Waals surface area contributed by atoms with Gasteiger partial charge in [0.25, 0.3) is 11.5 Å². The summed E-state index contributed by atoms with van der Waals surface area (Å²) in [4.78, 5) is 54.5. The van der Waals surface area contributed by atoms with Crippen LogP contribution in [0.2, 0.25) is 0 Å². The van der Waals surface area contributed by atoms with Crippen molar-refractivity contribution >= 4 is 23.3 Å². The minimum Gasteiger partial charge on any atom is -0.338 e. The van der Waals surface area contributed by atoms with Gasteiger partial charge in [0.05, 0.1) is 0 Å². The molecular formula is C24H27N3O4. The third-order valence-electron chi connectivity index (χ3n) is 5.94. The van der Waals surface area contributed by atoms with Gasteiger partial charge in [-0.05, 0) is 48.4 Å². The van der Waals surface area contributed by atoms with E-state index in [0.717, 1.165) is 24.9 Å². The molecule has 0 radical (unpaired) electrons. The molecule has 2 aromatic rings. The number of aromatic nitrogens is 1. The predicted molar refractivity (Wildman–Crippen MR) is 117 cm³/mol. The maximum Gasteiger partial charge on any atom is 0.261 e. The number of nitrogens with one attached hydrogen (secondary N) is 2. The Morgan fingerprint density at radius 3 is 2.71 bits per heavy atom. The van der Waals surface area contributed by atoms with E-state index < -0.39 is 11.5 Å². The molecule has 1 saturated heterocycles. The summed E-state index contributed by atoms with van der Waals surface area (Å²) in [5, 5.41) is 2.75. The molecule has 1 aromatic heterocycles. The summed E-state index contributed by atoms with van der Waals surface area (Å²) < 4.78 is 0. The molecule has 0 unspecified atom stereocenters. The lowest BCUT2D eigenvalue weighted by atomic mass is 9.75. The highest BCUT2D eigenvalue weighted by Gasteiger charge is 2.32. The molecule has 2 N–H and O–H groups in total. The first-order chi connectivity index (χ1) is 14.7. The molecule has 2 aliphatic rings. The van der Waals surface area contributed by atoms with Crippen molar-refractivity contribution in [3.05, 3.63) is 63.1 Å². The number of aromatic amines is 1. The molecule has 1 aromatic carbocycles. The van der Waals surface area contributed by atoms with Crippen LogP contribution in [0.1, 0.15) is 71.5 Å². The Kier molecular flexibility index (Phi) is 5.52. The van der Waals surface area contributed by atoms with Gasteiger partial charge in [0, 0.05) is 42.9 Å². The number of anilines is 1. The Labute approximate surface area is 180 Å². The summed E-state index contributed by atoms with van der Waals surface area (Å²) in [5.41, 5.74) is 1.66. The molecule has 0 bridgehead atoms. The molecule has 2 heterocycles. The highest BCUT2D eigenvalue weighted by Crippen LogP contribution is 2.33. The van der Waals surface area contributed by atoms with Gasteiger partial charge < -0.3 is 15.2 Å². The van der Waals surface area contributed by atoms with Crippen LogP contribution in [0.15, 0.2) is 35.1 Å². The van der Waals surface area contributed by atoms with E-state index in [9.17, 15) is 19.2 Å². The van der Waals surface area contributed by atoms with E-state index in [2.05, 4.69) is 10.3 Å². The summed E-state index contributed by atoms with van der Waals surface area (Å²) in [6, 6.07) is 8.67. The number of ketones is 1. The van der Waals surface area contributed by atoms with Crippen LogP contribution in [0, 0.1) is 5.41 Å². The van der Waals surface area contributed by atoms with Gasteiger partial charge in [-0.25, -0.2) is 0 Å². The van der Waals surface area contributed by atoms with Crippen molar-refractivity contribution in [3.63, 3.8) is 0 Å². The number of benzene rings is 1. The Morgan fingerprint density at radius 2 is 1.94 bits per heavy atom. The number of hydrogen-bond donors (Lipinski definition) is 2. The second kappa shape index (κ2) is 8.13. The molecule has 7 nitrogen and oxygen atoms in total. The van der Waals surface area contributed by atoms with Gasteiger partial charge in [-0.1, -0.05) is 26.0 Å². The van der Waals surface area contributed by atoms with Gasteiger partial charge in [-0.3, -0.25) is 19.2 Å². The number of fused-ring (bicyclic) bond motifs is 1. The Balaban J connectivity index is 1.53. The number of carbonyl (C=O) groups excluding carboxylic acids is 3. The van der Waals surface area contributed by atoms with E-state index in [0.29, 0.717) is 42.8 Å². The van der Waals surface area contributed by atoms with Gasteiger partial charge in [-0.15, -0.1) is 0 Å². The quantitative estimate of drug-likeness (QED) is 0.791. The lowest BCUT2D eigenvalue weighted by Crippen LogP contribution is -2.34. The molecule has 0 spiro atoms. The first-order valence-corrected chi connectivity index (χ1v) is 10.7. The van der Waals surface area contributed by atoms with E-state index in [1.54, 1.807) is 12.1 Å². The smallest absolute Gasteiger partial charge is 0.261 e. The van der Waals surface area contributed by atoms with Crippen LogP contribution < -0.4 is 10.9 Å². The fourth-order valence-corrected chi connectivity index (χ4v) is 4.39. The maximum absolute atomic E-state index is 12.8. The standard InChI is InChI=1S/C24H27N3O4/c1-24(2)12-19-17(20(28)13-24)11-18(23(31)26-19)22(30)25-16-7-5-6-15(10-16)14-27-9-4-3-8-21(27)29/h5-7,10-11H,3-4,8-9,12-14H2,1-2H3,(H,25,30)(H,26,31). The third kappa shape index (κ3) is 4.60. The van der Waals surface area contributed by atoms with Gasteiger partial charge in [0.1, 0.15) is 5.56 Å². The lowest BCUT2D eigenvalue weighted by molar-refractivity contribution is -0.133. The molecule has 1 aliphatic heterocycles. The topological polar surface area (TPSA) is 99.3 Å². The number of rotatable bonds is 4. The van der Waals surface area contributed by atoms with Crippen molar-refractivity contribution in [1.29, 1.82) is 0 Å². The zero-order valence-electron chi connectivity index (χ0n) is 17.9. The number of piperidine rings is 1. The summed E-state index contributed by atoms with van der Waals surface area (Å²) >= 11 is 0. The van der Waals surface area contributed by atoms with Crippen LogP contribution in [0.5, 0.6) is 0 Å². The van der Waals surface area contributed by atoms with Crippen molar-refractivity contribution in [2.75, 3.05) is 11.9 Å². The number of pyridine rings is 1. The number of Topliss-reactive ketones (excluding diaryl/α,β-unsaturated/α-hetero) is 1. The van der Waals surface area contributed by atoms with Crippen LogP contribution in [0.3, 0.4) is 0 Å². The highest BCUT2D eigenvalue weighted by molar-refractivity contribution is 6.06. The highest BCUT2D eigenvalue weighted by atomic mass is 16.2. The minimum atomic E-state index is -0.562. The molecule has 2 amide bonds. The van der Waals surface area contributed by atoms with Crippen LogP contribution in [0.25, 0.3) is 0 Å². The molecule has 4 rings (SSSR count). The van der Waals surface area contributed by atoms with E-state index in [1.165, 1.54) is 6.07 Å². The Hall–Kier alpha value is -3.22. The zero-order chi connectivity index (χ0) is 22.2. The third-order valence-corrected chi connectivity index (χ3v) is 5.94. The monoisotopic (exact) mass is 421 g/mol. The van der Waals surface area contributed by atoms with Gasteiger partial charge in [-0.2, -0.15) is 0 Å². The van der Waals surface area contributed by atoms with Crippen molar-refractivity contribution < 1.29 is 14.4 Å². The fraction of sp³-hybridized carbons (Fsp3) is 0.417. The largest absolute Gasteiger partial charge is 0.338 e. The van der Waals surface area contributed by atoms with Crippen molar-refractivity contribution in [2.45, 2.75) is 52.5 Å². The van der Waals surface area contributed by atoms with E-state index in [-0.39, 0.29) is 22.7 Å². The fourth-order valence-electron chi connectivity index (χ4n) is 4.39. The number of H-pyrrole nitrogens is 1. The Morgan fingerprint density at radius 1 is 1.13 bits per heavy atom. The SMILES string of the molecule is CC1(C)CC(=O)c2cc(C(=O)Nc3cccc(CN4CCCCC4=O)c3)c(=O)[nH]c2C1. The Bertz CT molecular complexity index is 1120. The van der Waals surface area contributed by atoms with Crippen LogP contribution in [-0.2, 0) is 17.8 Å². The van der Waals surface area contributed by atoms with E-state index >= 15 is 0 Å². The number of likely N-dealkylation sites (tertiary alicyclic amines) is 1. The van der Waals surface area contributed by atoms with Crippen molar-refractivity contribution in [3.8, 4) is 0 Å². The predicted octanol–water partition coefficient (Wildman–Crippen LogP) is 3.29. The second-order valence-corrected chi connectivity index (χ2v) is 9.27. The number of nitrogens with zero attached hydrogens (tertiary/aromatic N) is 1. The van der Waals surface area contributed by atoms with Gasteiger partial charge >= 0.3 is 0 Å². The maximum atomic E-state index is 12.8. The van der Waals surface area contributed by atoms with Crippen LogP contribution in [-0.4, -0.2) is 34.0 Å². The second-order valence-electron chi connectivity index (χ2n) is 9.27. The molecule has 31 heavy (non-hydrogen) atoms. The summed E-state index contributed by atoms with van der Waals surface area (Å²) in [7, 11) is 0. The molecule has 0 atom stereocenters. The van der Waals surface area contributed by atoms with Gasteiger partial charge in [0.15, 0.2) is 5.78 Å². The van der Waals surface area contributed by atoms with Crippen molar-refractivity contribution in [2.24, 2.45) is 5.41 Å². The summed E-state index contributed by atoms with van der Waals surface area (Å²) in [6.45, 7) is 5.20. The molecule has 0 saturated carbocycles. The zero-order valence-corrected chi connectivity index (χ0v) is 17.9. The van der Waals surface area contributed by atoms with E-state index in [1.807, 2.05) is 30.9 Å². The first kappa shape index (κ1) is 21.0. The average Bonchev–Trinajstić information content (AvgIpc) is 2.68. The number of hydrogen-bond acceptors (Lipinski definition) is 4. The minimum absolute atomic E-state index is 0.0650. The first-order valence-electron chi connectivity index (χ1n) is 10.7. The number of amides is 2. The van der Waals surface area contributed by atoms with Crippen LogP contribution >= 0.6 is 0 Å². The molecule has 162 valence electrons. The normalized spacial score (nSPS) is 17.9. The molecular weight excluding hydrogens is 394 g/mol. The summed E-state index contributed by atoms with van der Waals surface area (Å²) in [5.74, 6) is -0.480. The average molecular weight is 421 g/mol. The molecule has 1 aliphatic carbocycles. The van der Waals surface area contributed by atoms with Gasteiger partial charge in [0.2, 0.25) is 5.91 Å². The number of carbonyl (C=O) groups is 3. The molecule has 1 fully saturated rings. The summed E-state index contributed by atoms with van der Waals surface area (Å²) in [6.07, 6.45) is 3.47. The molecule has 7 heteroatoms. The lowest BCUT2D eigenvalue weighted by Gasteiger charge is -2.29. The van der Waals surface area contributed by atoms with E-state index in [4.69, 9.17) is 0 Å².